The normalized spacial score (nSPS) is 4.00. The molecule has 0 radical (unpaired) electrons. The molecule has 4 nitrogen and oxygen atoms in total. The topological polar surface area (TPSA) is 86.2 Å². The molecule has 0 aromatic carbocycles. The Bertz CT molecular complexity index is 45.0. The van der Waals surface area contributed by atoms with Gasteiger partial charge in [0.05, 0.1) is 8.41 Å². The summed E-state index contributed by atoms with van der Waals surface area (Å²) in [6.45, 7) is 2.00. The maximum absolute atomic E-state index is 9.00. The quantitative estimate of drug-likeness (QED) is 0.337. The number of rotatable bonds is 0. The minimum Gasteiger partial charge on any atom is -0.352 e. The fourth-order valence-corrected chi connectivity index (χ4v) is 0. The Morgan fingerprint density at radius 2 is 1.29 bits per heavy atom. The van der Waals surface area contributed by atoms with Crippen molar-refractivity contribution in [2.45, 2.75) is 0 Å². The van der Waals surface area contributed by atoms with Crippen molar-refractivity contribution in [3.05, 3.63) is 0 Å². The first kappa shape index (κ1) is 16.7. The minimum atomic E-state index is -0.833. The van der Waals surface area contributed by atoms with Gasteiger partial charge in [-0.25, -0.2) is 4.79 Å². The van der Waals surface area contributed by atoms with Crippen molar-refractivity contribution in [1.82, 2.24) is 0 Å². The third-order valence-electron chi connectivity index (χ3n) is 0. The molecule has 0 aromatic rings. The molecule has 0 aliphatic carbocycles. The SMILES string of the molecule is B.C=O.NC(N)=O. The summed E-state index contributed by atoms with van der Waals surface area (Å²) in [5.41, 5.74) is 8.50. The van der Waals surface area contributed by atoms with Gasteiger partial charge >= 0.3 is 6.03 Å². The predicted molar refractivity (Wildman–Crippen MR) is 30.8 cm³/mol. The van der Waals surface area contributed by atoms with Gasteiger partial charge in [0.1, 0.15) is 6.79 Å². The molecule has 0 bridgehead atoms. The number of urea groups is 1. The van der Waals surface area contributed by atoms with Crippen LogP contribution in [0.5, 0.6) is 0 Å². The zero-order valence-corrected chi connectivity index (χ0v) is 3.18. The Kier molecular flexibility index (Phi) is 47.5. The third-order valence-corrected chi connectivity index (χ3v) is 0. The lowest BCUT2D eigenvalue weighted by molar-refractivity contribution is -0.0979. The van der Waals surface area contributed by atoms with Gasteiger partial charge in [-0.3, -0.25) is 0 Å². The maximum Gasteiger partial charge on any atom is 0.309 e. The van der Waals surface area contributed by atoms with Crippen molar-refractivity contribution >= 4 is 21.2 Å². The van der Waals surface area contributed by atoms with Crippen LogP contribution in [0.15, 0.2) is 0 Å². The van der Waals surface area contributed by atoms with Crippen molar-refractivity contribution in [2.24, 2.45) is 11.5 Å². The summed E-state index contributed by atoms with van der Waals surface area (Å²) in [5.74, 6) is 0. The van der Waals surface area contributed by atoms with Crippen LogP contribution >= 0.6 is 0 Å². The van der Waals surface area contributed by atoms with E-state index in [0.717, 1.165) is 0 Å². The van der Waals surface area contributed by atoms with Crippen LogP contribution in [0.4, 0.5) is 4.79 Å². The molecule has 0 aliphatic rings. The van der Waals surface area contributed by atoms with E-state index in [1.165, 1.54) is 0 Å². The van der Waals surface area contributed by atoms with Crippen molar-refractivity contribution in [2.75, 3.05) is 0 Å². The van der Waals surface area contributed by atoms with E-state index in [1.54, 1.807) is 0 Å². The second-order valence-corrected chi connectivity index (χ2v) is 0.402. The fraction of sp³-hybridized carbons (Fsp3) is 0. The van der Waals surface area contributed by atoms with E-state index in [4.69, 9.17) is 9.59 Å². The van der Waals surface area contributed by atoms with Crippen molar-refractivity contribution in [1.29, 1.82) is 0 Å². The molecule has 2 amide bonds. The van der Waals surface area contributed by atoms with Crippen molar-refractivity contribution in [3.8, 4) is 0 Å². The van der Waals surface area contributed by atoms with Gasteiger partial charge in [0.25, 0.3) is 0 Å². The average molecular weight is 104 g/mol. The monoisotopic (exact) mass is 104 g/mol. The van der Waals surface area contributed by atoms with Gasteiger partial charge in [-0.1, -0.05) is 0 Å². The Morgan fingerprint density at radius 1 is 1.29 bits per heavy atom. The molecule has 7 heavy (non-hydrogen) atoms. The molecular formula is C2H9BN2O2. The van der Waals surface area contributed by atoms with E-state index in [-0.39, 0.29) is 8.41 Å². The van der Waals surface area contributed by atoms with Gasteiger partial charge in [0.2, 0.25) is 0 Å². The Labute approximate surface area is 43.4 Å². The molecule has 0 aliphatic heterocycles. The first-order chi connectivity index (χ1) is 2.73. The van der Waals surface area contributed by atoms with Crippen LogP contribution in [-0.4, -0.2) is 21.2 Å². The van der Waals surface area contributed by atoms with Crippen LogP contribution in [0.1, 0.15) is 0 Å². The lowest BCUT2D eigenvalue weighted by atomic mass is 10.8. The molecule has 0 heterocycles. The van der Waals surface area contributed by atoms with Gasteiger partial charge in [-0.2, -0.15) is 0 Å². The summed E-state index contributed by atoms with van der Waals surface area (Å²) < 4.78 is 0. The predicted octanol–water partition coefficient (Wildman–Crippen LogP) is -2.35. The summed E-state index contributed by atoms with van der Waals surface area (Å²) in [6.07, 6.45) is 0. The fourth-order valence-electron chi connectivity index (χ4n) is 0. The number of hydrogen-bond acceptors (Lipinski definition) is 2. The van der Waals surface area contributed by atoms with E-state index in [0.29, 0.717) is 0 Å². The number of hydrogen-bond donors (Lipinski definition) is 2. The van der Waals surface area contributed by atoms with Crippen LogP contribution in [0.25, 0.3) is 0 Å². The smallest absolute Gasteiger partial charge is 0.309 e. The second-order valence-electron chi connectivity index (χ2n) is 0.402. The molecule has 0 rings (SSSR count). The highest BCUT2D eigenvalue weighted by Crippen LogP contribution is 1.25. The first-order valence-corrected chi connectivity index (χ1v) is 1.07. The van der Waals surface area contributed by atoms with E-state index in [1.807, 2.05) is 6.79 Å². The summed E-state index contributed by atoms with van der Waals surface area (Å²) in [4.78, 5) is 17.0. The van der Waals surface area contributed by atoms with Crippen LogP contribution in [0, 0.1) is 0 Å². The maximum atomic E-state index is 9.00. The minimum absolute atomic E-state index is 0. The molecule has 4 N–H and O–H groups in total. The number of carbonyl (C=O) groups is 2. The van der Waals surface area contributed by atoms with Gasteiger partial charge in [-0.15, -0.1) is 0 Å². The van der Waals surface area contributed by atoms with Crippen LogP contribution in [0.3, 0.4) is 0 Å². The molecule has 0 aromatic heterocycles. The van der Waals surface area contributed by atoms with Crippen molar-refractivity contribution < 1.29 is 9.59 Å². The lowest BCUT2D eigenvalue weighted by Gasteiger charge is -1.62. The molecule has 42 valence electrons. The Morgan fingerprint density at radius 3 is 1.29 bits per heavy atom. The van der Waals surface area contributed by atoms with E-state index in [2.05, 4.69) is 11.5 Å². The summed E-state index contributed by atoms with van der Waals surface area (Å²) in [5, 5.41) is 0. The summed E-state index contributed by atoms with van der Waals surface area (Å²) in [6, 6.07) is -0.833. The standard InChI is InChI=1S/CH4N2O.CH2O.BH3/c2-1(3)4;1-2;/h(H4,2,3,4);1H2;1H3. The molecule has 5 heteroatoms. The summed E-state index contributed by atoms with van der Waals surface area (Å²) in [7, 11) is 0. The molecule has 0 saturated heterocycles. The molecule has 0 fully saturated rings. The van der Waals surface area contributed by atoms with Gasteiger partial charge in [-0.05, 0) is 0 Å². The Hall–Kier alpha value is -0.995. The molecular weight excluding hydrogens is 94.8 g/mol. The highest BCUT2D eigenvalue weighted by atomic mass is 16.2. The zero-order chi connectivity index (χ0) is 5.58. The first-order valence-electron chi connectivity index (χ1n) is 1.07. The Balaban J connectivity index is -0.0000000480. The van der Waals surface area contributed by atoms with Gasteiger partial charge in [0, 0.05) is 0 Å². The largest absolute Gasteiger partial charge is 0.352 e. The zero-order valence-electron chi connectivity index (χ0n) is 3.18. The van der Waals surface area contributed by atoms with E-state index in [9.17, 15) is 0 Å². The number of amides is 2. The third kappa shape index (κ3) is 45.6. The average Bonchev–Trinajstić information content (AvgIpc) is 1.41. The molecule has 0 unspecified atom stereocenters. The molecule has 0 atom stereocenters. The number of nitrogens with two attached hydrogens (primary N) is 2. The summed E-state index contributed by atoms with van der Waals surface area (Å²) >= 11 is 0. The number of carbonyl (C=O) groups excluding carboxylic acids is 2. The number of primary amides is 2. The molecule has 0 spiro atoms. The highest BCUT2D eigenvalue weighted by molar-refractivity contribution is 5.75. The van der Waals surface area contributed by atoms with Crippen LogP contribution in [-0.2, 0) is 4.79 Å². The van der Waals surface area contributed by atoms with Crippen molar-refractivity contribution in [3.63, 3.8) is 0 Å². The van der Waals surface area contributed by atoms with Crippen LogP contribution < -0.4 is 11.5 Å². The molecule has 0 saturated carbocycles. The van der Waals surface area contributed by atoms with E-state index >= 15 is 0 Å². The lowest BCUT2D eigenvalue weighted by Crippen LogP contribution is -2.18. The second kappa shape index (κ2) is 20.0. The van der Waals surface area contributed by atoms with E-state index < -0.39 is 6.03 Å². The van der Waals surface area contributed by atoms with Gasteiger partial charge in [0.15, 0.2) is 0 Å². The van der Waals surface area contributed by atoms with Gasteiger partial charge < -0.3 is 16.3 Å². The highest BCUT2D eigenvalue weighted by Gasteiger charge is 1.60. The van der Waals surface area contributed by atoms with Crippen LogP contribution in [0.2, 0.25) is 0 Å².